The minimum absolute atomic E-state index is 0.141. The van der Waals surface area contributed by atoms with Crippen LogP contribution in [-0.2, 0) is 6.54 Å². The molecule has 0 spiro atoms. The molecule has 4 rings (SSSR count). The zero-order valence-corrected chi connectivity index (χ0v) is 18.6. The molecule has 164 valence electrons. The summed E-state index contributed by atoms with van der Waals surface area (Å²) in [6.07, 6.45) is 1.91. The van der Waals surface area contributed by atoms with Crippen LogP contribution in [-0.4, -0.2) is 27.7 Å². The quantitative estimate of drug-likeness (QED) is 0.440. The Bertz CT molecular complexity index is 1170. The maximum atomic E-state index is 12.7. The molecule has 0 fully saturated rings. The van der Waals surface area contributed by atoms with E-state index < -0.39 is 0 Å². The van der Waals surface area contributed by atoms with Crippen LogP contribution in [0.4, 0.5) is 16.2 Å². The summed E-state index contributed by atoms with van der Waals surface area (Å²) in [5.41, 5.74) is 3.81. The van der Waals surface area contributed by atoms with Gasteiger partial charge in [0, 0.05) is 31.2 Å². The van der Waals surface area contributed by atoms with Crippen LogP contribution in [0.3, 0.4) is 0 Å². The Balaban J connectivity index is 1.40. The number of aromatic nitrogens is 3. The molecule has 2 aromatic heterocycles. The lowest BCUT2D eigenvalue weighted by Gasteiger charge is -2.22. The molecule has 7 heteroatoms. The molecule has 7 nitrogen and oxygen atoms in total. The summed E-state index contributed by atoms with van der Waals surface area (Å²) >= 11 is 0. The van der Waals surface area contributed by atoms with Crippen LogP contribution in [0.5, 0.6) is 0 Å². The highest BCUT2D eigenvalue weighted by molar-refractivity contribution is 5.89. The molecule has 1 unspecified atom stereocenters. The third-order valence-electron chi connectivity index (χ3n) is 5.40. The van der Waals surface area contributed by atoms with Gasteiger partial charge in [-0.25, -0.2) is 4.79 Å². The van der Waals surface area contributed by atoms with Crippen molar-refractivity contribution in [3.8, 4) is 0 Å². The molecule has 32 heavy (non-hydrogen) atoms. The lowest BCUT2D eigenvalue weighted by Crippen LogP contribution is -2.36. The maximum Gasteiger partial charge on any atom is 0.319 e. The summed E-state index contributed by atoms with van der Waals surface area (Å²) in [5.74, 6) is 0.853. The number of hydrogen-bond donors (Lipinski definition) is 2. The Labute approximate surface area is 188 Å². The largest absolute Gasteiger partial charge is 0.370 e. The molecule has 0 radical (unpaired) electrons. The third-order valence-corrected chi connectivity index (χ3v) is 5.40. The highest BCUT2D eigenvalue weighted by atomic mass is 16.2. The Morgan fingerprint density at radius 1 is 0.969 bits per heavy atom. The second-order valence-corrected chi connectivity index (χ2v) is 8.20. The van der Waals surface area contributed by atoms with Crippen LogP contribution >= 0.6 is 0 Å². The molecule has 4 aromatic rings. The van der Waals surface area contributed by atoms with E-state index in [4.69, 9.17) is 0 Å². The third kappa shape index (κ3) is 4.88. The van der Waals surface area contributed by atoms with E-state index in [9.17, 15) is 4.79 Å². The van der Waals surface area contributed by atoms with Crippen molar-refractivity contribution < 1.29 is 4.79 Å². The number of urea groups is 1. The van der Waals surface area contributed by atoms with Gasteiger partial charge in [-0.15, -0.1) is 10.2 Å². The van der Waals surface area contributed by atoms with E-state index in [2.05, 4.69) is 44.9 Å². The van der Waals surface area contributed by atoms with Crippen molar-refractivity contribution in [1.29, 1.82) is 0 Å². The van der Waals surface area contributed by atoms with Crippen molar-refractivity contribution in [2.24, 2.45) is 5.92 Å². The molecular formula is C25H28N6O. The molecule has 2 aromatic carbocycles. The molecule has 0 bridgehead atoms. The Morgan fingerprint density at radius 3 is 2.41 bits per heavy atom. The number of amides is 2. The average Bonchev–Trinajstić information content (AvgIpc) is 3.22. The van der Waals surface area contributed by atoms with E-state index >= 15 is 0 Å². The number of fused-ring (bicyclic) bond motifs is 1. The lowest BCUT2D eigenvalue weighted by molar-refractivity contribution is 0.243. The van der Waals surface area contributed by atoms with Crippen molar-refractivity contribution in [1.82, 2.24) is 19.9 Å². The zero-order chi connectivity index (χ0) is 22.5. The summed E-state index contributed by atoms with van der Waals surface area (Å²) in [5, 5.41) is 14.5. The minimum Gasteiger partial charge on any atom is -0.370 e. The van der Waals surface area contributed by atoms with Gasteiger partial charge in [0.1, 0.15) is 0 Å². The van der Waals surface area contributed by atoms with E-state index in [-0.39, 0.29) is 18.0 Å². The van der Waals surface area contributed by atoms with E-state index in [1.54, 1.807) is 0 Å². The summed E-state index contributed by atoms with van der Waals surface area (Å²) in [7, 11) is 2.05. The molecule has 2 heterocycles. The highest BCUT2D eigenvalue weighted by Gasteiger charge is 2.23. The first-order chi connectivity index (χ1) is 15.5. The molecule has 0 aliphatic rings. The topological polar surface area (TPSA) is 74.6 Å². The fourth-order valence-corrected chi connectivity index (χ4v) is 3.66. The number of carbonyl (C=O) groups is 1. The molecule has 2 N–H and O–H groups in total. The number of anilines is 2. The average molecular weight is 429 g/mol. The highest BCUT2D eigenvalue weighted by Crippen LogP contribution is 2.22. The molecule has 0 aliphatic carbocycles. The van der Waals surface area contributed by atoms with Crippen molar-refractivity contribution in [3.63, 3.8) is 0 Å². The van der Waals surface area contributed by atoms with Crippen molar-refractivity contribution in [2.45, 2.75) is 26.4 Å². The standard InChI is InChI=1S/C25H28N6O/c1-18(2)23(24-29-28-22-11-7-8-16-31(22)24)27-25(32)26-20-12-14-21(15-13-20)30(3)17-19-9-5-4-6-10-19/h4-16,18,23H,17H2,1-3H3,(H2,26,27,32). The van der Waals surface area contributed by atoms with Gasteiger partial charge < -0.3 is 15.5 Å². The number of benzene rings is 2. The normalized spacial score (nSPS) is 12.0. The first kappa shape index (κ1) is 21.4. The second-order valence-electron chi connectivity index (χ2n) is 8.20. The molecule has 0 aliphatic heterocycles. The Hall–Kier alpha value is -3.87. The number of pyridine rings is 1. The predicted octanol–water partition coefficient (Wildman–Crippen LogP) is 4.88. The van der Waals surface area contributed by atoms with Crippen LogP contribution in [0.15, 0.2) is 79.0 Å². The first-order valence-corrected chi connectivity index (χ1v) is 10.7. The summed E-state index contributed by atoms with van der Waals surface area (Å²) in [6.45, 7) is 4.91. The van der Waals surface area contributed by atoms with Gasteiger partial charge in [0.05, 0.1) is 6.04 Å². The number of nitrogens with one attached hydrogen (secondary N) is 2. The van der Waals surface area contributed by atoms with Crippen molar-refractivity contribution >= 4 is 23.1 Å². The molecular weight excluding hydrogens is 400 g/mol. The number of hydrogen-bond acceptors (Lipinski definition) is 4. The smallest absolute Gasteiger partial charge is 0.319 e. The van der Waals surface area contributed by atoms with Gasteiger partial charge in [-0.05, 0) is 47.9 Å². The van der Waals surface area contributed by atoms with Gasteiger partial charge in [-0.1, -0.05) is 50.2 Å². The zero-order valence-electron chi connectivity index (χ0n) is 18.6. The number of nitrogens with zero attached hydrogens (tertiary/aromatic N) is 4. The summed E-state index contributed by atoms with van der Waals surface area (Å²) in [4.78, 5) is 14.9. The maximum absolute atomic E-state index is 12.7. The van der Waals surface area contributed by atoms with Gasteiger partial charge in [0.15, 0.2) is 11.5 Å². The lowest BCUT2D eigenvalue weighted by atomic mass is 10.0. The van der Waals surface area contributed by atoms with Crippen LogP contribution in [0.2, 0.25) is 0 Å². The van der Waals surface area contributed by atoms with Crippen molar-refractivity contribution in [3.05, 3.63) is 90.4 Å². The van der Waals surface area contributed by atoms with Crippen LogP contribution < -0.4 is 15.5 Å². The molecule has 0 saturated heterocycles. The van der Waals surface area contributed by atoms with E-state index in [1.807, 2.05) is 85.1 Å². The first-order valence-electron chi connectivity index (χ1n) is 10.7. The van der Waals surface area contributed by atoms with Crippen LogP contribution in [0, 0.1) is 5.92 Å². The fraction of sp³-hybridized carbons (Fsp3) is 0.240. The van der Waals surface area contributed by atoms with E-state index in [1.165, 1.54) is 5.56 Å². The molecule has 2 amide bonds. The summed E-state index contributed by atoms with van der Waals surface area (Å²) < 4.78 is 1.91. The molecule has 0 saturated carbocycles. The van der Waals surface area contributed by atoms with Gasteiger partial charge in [0.25, 0.3) is 0 Å². The number of carbonyl (C=O) groups excluding carboxylic acids is 1. The van der Waals surface area contributed by atoms with Crippen LogP contribution in [0.1, 0.15) is 31.3 Å². The monoisotopic (exact) mass is 428 g/mol. The number of rotatable bonds is 7. The van der Waals surface area contributed by atoms with E-state index in [0.717, 1.165) is 23.6 Å². The van der Waals surface area contributed by atoms with Gasteiger partial charge in [-0.2, -0.15) is 0 Å². The van der Waals surface area contributed by atoms with Crippen LogP contribution in [0.25, 0.3) is 5.65 Å². The molecule has 1 atom stereocenters. The Morgan fingerprint density at radius 2 is 1.69 bits per heavy atom. The summed E-state index contributed by atoms with van der Waals surface area (Å²) in [6, 6.07) is 23.3. The Kier molecular flexibility index (Phi) is 6.35. The van der Waals surface area contributed by atoms with Crippen molar-refractivity contribution in [2.75, 3.05) is 17.3 Å². The van der Waals surface area contributed by atoms with Gasteiger partial charge >= 0.3 is 6.03 Å². The van der Waals surface area contributed by atoms with E-state index in [0.29, 0.717) is 5.82 Å². The fourth-order valence-electron chi connectivity index (χ4n) is 3.66. The predicted molar refractivity (Wildman–Crippen MR) is 128 cm³/mol. The SMILES string of the molecule is CC(C)C(NC(=O)Nc1ccc(N(C)Cc2ccccc2)cc1)c1nnc2ccccn12. The minimum atomic E-state index is -0.276. The van der Waals surface area contributed by atoms with Gasteiger partial charge in [0.2, 0.25) is 0 Å². The van der Waals surface area contributed by atoms with Gasteiger partial charge in [-0.3, -0.25) is 4.40 Å². The second kappa shape index (κ2) is 9.51.